The quantitative estimate of drug-likeness (QED) is 0.572. The largest absolute Gasteiger partial charge is 0.486 e. The minimum Gasteiger partial charge on any atom is -0.486 e. The average Bonchev–Trinajstić information content (AvgIpc) is 2.64. The minimum absolute atomic E-state index is 0.0972. The van der Waals surface area contributed by atoms with Crippen molar-refractivity contribution < 1.29 is 13.5 Å². The zero-order valence-electron chi connectivity index (χ0n) is 13.0. The van der Waals surface area contributed by atoms with Crippen molar-refractivity contribution in [3.8, 4) is 16.9 Å². The van der Waals surface area contributed by atoms with Gasteiger partial charge < -0.3 is 4.74 Å². The molecule has 24 heavy (non-hydrogen) atoms. The molecule has 0 bridgehead atoms. The van der Waals surface area contributed by atoms with E-state index in [0.29, 0.717) is 5.56 Å². The van der Waals surface area contributed by atoms with Crippen molar-refractivity contribution in [3.05, 3.63) is 96.1 Å². The van der Waals surface area contributed by atoms with Gasteiger partial charge in [-0.05, 0) is 34.9 Å². The first kappa shape index (κ1) is 15.9. The van der Waals surface area contributed by atoms with E-state index in [0.717, 1.165) is 11.1 Å². The second kappa shape index (κ2) is 7.09. The van der Waals surface area contributed by atoms with Crippen LogP contribution in [0.5, 0.6) is 5.75 Å². The van der Waals surface area contributed by atoms with Crippen LogP contribution in [0.2, 0.25) is 0 Å². The summed E-state index contributed by atoms with van der Waals surface area (Å²) in [6, 6.07) is 19.5. The van der Waals surface area contributed by atoms with Crippen molar-refractivity contribution >= 4 is 6.08 Å². The number of halogens is 2. The van der Waals surface area contributed by atoms with Gasteiger partial charge in [-0.3, -0.25) is 0 Å². The molecule has 0 radical (unpaired) electrons. The van der Waals surface area contributed by atoms with Crippen LogP contribution in [0.4, 0.5) is 8.78 Å². The third kappa shape index (κ3) is 3.35. The van der Waals surface area contributed by atoms with Crippen molar-refractivity contribution in [2.45, 2.75) is 6.61 Å². The molecule has 0 saturated carbocycles. The van der Waals surface area contributed by atoms with E-state index < -0.39 is 11.6 Å². The molecule has 0 aromatic heterocycles. The molecule has 120 valence electrons. The van der Waals surface area contributed by atoms with Gasteiger partial charge in [-0.1, -0.05) is 61.2 Å². The second-order valence-electron chi connectivity index (χ2n) is 5.34. The summed E-state index contributed by atoms with van der Waals surface area (Å²) in [6.45, 7) is 3.87. The van der Waals surface area contributed by atoms with Crippen LogP contribution in [0.15, 0.2) is 73.3 Å². The van der Waals surface area contributed by atoms with Gasteiger partial charge in [0.2, 0.25) is 5.82 Å². The summed E-state index contributed by atoms with van der Waals surface area (Å²) in [5.41, 5.74) is 2.53. The summed E-state index contributed by atoms with van der Waals surface area (Å²) >= 11 is 0. The van der Waals surface area contributed by atoms with E-state index in [1.807, 2.05) is 36.4 Å². The third-order valence-corrected chi connectivity index (χ3v) is 3.72. The van der Waals surface area contributed by atoms with Gasteiger partial charge in [0.25, 0.3) is 0 Å². The lowest BCUT2D eigenvalue weighted by atomic mass is 10.0. The molecule has 3 aromatic rings. The van der Waals surface area contributed by atoms with Crippen molar-refractivity contribution in [1.82, 2.24) is 0 Å². The fourth-order valence-electron chi connectivity index (χ4n) is 2.43. The molecular formula is C21H16F2O. The van der Waals surface area contributed by atoms with E-state index in [-0.39, 0.29) is 17.9 Å². The zero-order chi connectivity index (χ0) is 16.9. The first-order valence-electron chi connectivity index (χ1n) is 7.56. The molecular weight excluding hydrogens is 306 g/mol. The van der Waals surface area contributed by atoms with Gasteiger partial charge in [-0.25, -0.2) is 4.39 Å². The Morgan fingerprint density at radius 2 is 1.67 bits per heavy atom. The molecule has 0 aliphatic heterocycles. The van der Waals surface area contributed by atoms with Crippen LogP contribution in [0.3, 0.4) is 0 Å². The number of hydrogen-bond donors (Lipinski definition) is 0. The van der Waals surface area contributed by atoms with E-state index >= 15 is 0 Å². The van der Waals surface area contributed by atoms with E-state index in [4.69, 9.17) is 4.74 Å². The Morgan fingerprint density at radius 3 is 2.42 bits per heavy atom. The summed E-state index contributed by atoms with van der Waals surface area (Å²) < 4.78 is 34.1. The van der Waals surface area contributed by atoms with Gasteiger partial charge in [0.05, 0.1) is 0 Å². The Morgan fingerprint density at radius 1 is 0.875 bits per heavy atom. The van der Waals surface area contributed by atoms with Gasteiger partial charge in [0.15, 0.2) is 11.6 Å². The maximum Gasteiger partial charge on any atom is 0.201 e. The highest BCUT2D eigenvalue weighted by atomic mass is 19.2. The first-order valence-corrected chi connectivity index (χ1v) is 7.56. The molecule has 0 spiro atoms. The summed E-state index contributed by atoms with van der Waals surface area (Å²) in [4.78, 5) is 0. The molecule has 0 N–H and O–H groups in total. The lowest BCUT2D eigenvalue weighted by Gasteiger charge is -2.11. The van der Waals surface area contributed by atoms with Crippen LogP contribution in [-0.2, 0) is 6.61 Å². The number of ether oxygens (including phenoxy) is 1. The topological polar surface area (TPSA) is 9.23 Å². The number of benzene rings is 3. The van der Waals surface area contributed by atoms with Crippen LogP contribution in [0.1, 0.15) is 11.1 Å². The van der Waals surface area contributed by atoms with Gasteiger partial charge in [-0.15, -0.1) is 0 Å². The maximum absolute atomic E-state index is 14.4. The van der Waals surface area contributed by atoms with E-state index in [1.165, 1.54) is 12.1 Å². The molecule has 0 unspecified atom stereocenters. The van der Waals surface area contributed by atoms with Crippen LogP contribution < -0.4 is 4.74 Å². The Labute approximate surface area is 139 Å². The lowest BCUT2D eigenvalue weighted by molar-refractivity contribution is 0.285. The molecule has 0 heterocycles. The number of hydrogen-bond acceptors (Lipinski definition) is 1. The predicted molar refractivity (Wildman–Crippen MR) is 92.7 cm³/mol. The first-order chi connectivity index (χ1) is 11.7. The fraction of sp³-hybridized carbons (Fsp3) is 0.0476. The second-order valence-corrected chi connectivity index (χ2v) is 5.34. The average molecular weight is 322 g/mol. The highest BCUT2D eigenvalue weighted by Crippen LogP contribution is 2.30. The molecule has 3 rings (SSSR count). The molecule has 0 atom stereocenters. The molecule has 3 heteroatoms. The normalized spacial score (nSPS) is 10.4. The van der Waals surface area contributed by atoms with Crippen LogP contribution in [0, 0.1) is 11.6 Å². The van der Waals surface area contributed by atoms with Gasteiger partial charge in [0, 0.05) is 5.56 Å². The Bertz CT molecular complexity index is 857. The van der Waals surface area contributed by atoms with Crippen molar-refractivity contribution in [2.75, 3.05) is 0 Å². The van der Waals surface area contributed by atoms with Crippen molar-refractivity contribution in [3.63, 3.8) is 0 Å². The standard InChI is InChI=1S/C21H16F2O/c1-2-15-9-6-10-17(13-15)18-11-12-19(21(23)20(18)22)24-14-16-7-4-3-5-8-16/h2-13H,1,14H2. The molecule has 0 amide bonds. The van der Waals surface area contributed by atoms with E-state index in [9.17, 15) is 8.78 Å². The monoisotopic (exact) mass is 322 g/mol. The lowest BCUT2D eigenvalue weighted by Crippen LogP contribution is -2.00. The summed E-state index contributed by atoms with van der Waals surface area (Å²) in [7, 11) is 0. The predicted octanol–water partition coefficient (Wildman–Crippen LogP) is 5.85. The maximum atomic E-state index is 14.4. The summed E-state index contributed by atoms with van der Waals surface area (Å²) in [6.07, 6.45) is 1.66. The van der Waals surface area contributed by atoms with Gasteiger partial charge in [0.1, 0.15) is 6.61 Å². The van der Waals surface area contributed by atoms with Crippen molar-refractivity contribution in [2.24, 2.45) is 0 Å². The Kier molecular flexibility index (Phi) is 4.71. The smallest absolute Gasteiger partial charge is 0.201 e. The molecule has 0 aliphatic carbocycles. The van der Waals surface area contributed by atoms with Crippen LogP contribution >= 0.6 is 0 Å². The van der Waals surface area contributed by atoms with E-state index in [1.54, 1.807) is 24.3 Å². The SMILES string of the molecule is C=Cc1cccc(-c2ccc(OCc3ccccc3)c(F)c2F)c1. The summed E-state index contributed by atoms with van der Waals surface area (Å²) in [5.74, 6) is -1.99. The third-order valence-electron chi connectivity index (χ3n) is 3.72. The summed E-state index contributed by atoms with van der Waals surface area (Å²) in [5, 5.41) is 0. The molecule has 0 aliphatic rings. The molecule has 0 saturated heterocycles. The van der Waals surface area contributed by atoms with Crippen LogP contribution in [0.25, 0.3) is 17.2 Å². The zero-order valence-corrected chi connectivity index (χ0v) is 13.0. The van der Waals surface area contributed by atoms with E-state index in [2.05, 4.69) is 6.58 Å². The van der Waals surface area contributed by atoms with Crippen molar-refractivity contribution in [1.29, 1.82) is 0 Å². The fourth-order valence-corrected chi connectivity index (χ4v) is 2.43. The highest BCUT2D eigenvalue weighted by Gasteiger charge is 2.16. The van der Waals surface area contributed by atoms with Crippen LogP contribution in [-0.4, -0.2) is 0 Å². The Hall–Kier alpha value is -2.94. The molecule has 1 nitrogen and oxygen atoms in total. The molecule has 0 fully saturated rings. The van der Waals surface area contributed by atoms with Gasteiger partial charge in [-0.2, -0.15) is 4.39 Å². The minimum atomic E-state index is -0.979. The highest BCUT2D eigenvalue weighted by molar-refractivity contribution is 5.68. The molecule has 3 aromatic carbocycles. The number of rotatable bonds is 5. The Balaban J connectivity index is 1.87. The van der Waals surface area contributed by atoms with Gasteiger partial charge >= 0.3 is 0 Å².